The highest BCUT2D eigenvalue weighted by molar-refractivity contribution is 5.89. The first kappa shape index (κ1) is 15.8. The first-order valence-electron chi connectivity index (χ1n) is 7.72. The van der Waals surface area contributed by atoms with Crippen molar-refractivity contribution >= 4 is 17.0 Å². The maximum Gasteiger partial charge on any atom is 0.221 e. The van der Waals surface area contributed by atoms with E-state index in [2.05, 4.69) is 25.1 Å². The molecule has 4 aromatic rings. The predicted octanol–water partition coefficient (Wildman–Crippen LogP) is 2.08. The molecule has 3 heterocycles. The largest absolute Gasteiger partial charge is 0.493 e. The van der Waals surface area contributed by atoms with E-state index in [9.17, 15) is 0 Å². The van der Waals surface area contributed by atoms with Crippen molar-refractivity contribution in [1.29, 1.82) is 0 Å². The minimum atomic E-state index is 0.143. The highest BCUT2D eigenvalue weighted by atomic mass is 16.5. The van der Waals surface area contributed by atoms with Crippen molar-refractivity contribution in [2.75, 3.05) is 20.0 Å². The zero-order valence-electron chi connectivity index (χ0n) is 14.1. The molecule has 0 atom stereocenters. The molecular weight excluding hydrogens is 334 g/mol. The molecule has 0 spiro atoms. The van der Waals surface area contributed by atoms with Crippen molar-refractivity contribution in [2.45, 2.75) is 0 Å². The van der Waals surface area contributed by atoms with Gasteiger partial charge in [-0.25, -0.2) is 19.9 Å². The Bertz CT molecular complexity index is 1080. The molecule has 0 bridgehead atoms. The van der Waals surface area contributed by atoms with E-state index in [-0.39, 0.29) is 5.95 Å². The van der Waals surface area contributed by atoms with Crippen molar-refractivity contribution in [3.05, 3.63) is 36.7 Å². The van der Waals surface area contributed by atoms with Crippen molar-refractivity contribution in [1.82, 2.24) is 30.1 Å². The summed E-state index contributed by atoms with van der Waals surface area (Å²) in [5, 5.41) is 6.64. The fraction of sp³-hybridized carbons (Fsp3) is 0.118. The number of methoxy groups -OCH3 is 2. The summed E-state index contributed by atoms with van der Waals surface area (Å²) in [6.07, 6.45) is 1.40. The number of fused-ring (bicyclic) bond motifs is 1. The highest BCUT2D eigenvalue weighted by Gasteiger charge is 2.14. The Morgan fingerprint density at radius 3 is 2.54 bits per heavy atom. The number of nitrogens with one attached hydrogen (secondary N) is 1. The van der Waals surface area contributed by atoms with Crippen LogP contribution in [0, 0.1) is 0 Å². The Balaban J connectivity index is 1.90. The lowest BCUT2D eigenvalue weighted by Crippen LogP contribution is -2.01. The second-order valence-corrected chi connectivity index (χ2v) is 5.40. The number of rotatable bonds is 4. The monoisotopic (exact) mass is 349 g/mol. The quantitative estimate of drug-likeness (QED) is 0.574. The van der Waals surface area contributed by atoms with Gasteiger partial charge in [0.2, 0.25) is 5.95 Å². The van der Waals surface area contributed by atoms with Crippen LogP contribution in [0.2, 0.25) is 0 Å². The number of benzene rings is 1. The SMILES string of the molecule is COc1ccc(-c2ccc3nc(N)nc(-c4ncn[nH]4)c3n2)cc1OC. The van der Waals surface area contributed by atoms with Crippen LogP contribution in [0.15, 0.2) is 36.7 Å². The number of hydrogen-bond acceptors (Lipinski definition) is 8. The lowest BCUT2D eigenvalue weighted by atomic mass is 10.1. The number of aromatic nitrogens is 6. The van der Waals surface area contributed by atoms with E-state index in [1.165, 1.54) is 6.33 Å². The Hall–Kier alpha value is -3.75. The van der Waals surface area contributed by atoms with Crippen LogP contribution < -0.4 is 15.2 Å². The van der Waals surface area contributed by atoms with Crippen LogP contribution in [0.5, 0.6) is 11.5 Å². The molecule has 130 valence electrons. The first-order valence-corrected chi connectivity index (χ1v) is 7.72. The van der Waals surface area contributed by atoms with Crippen molar-refractivity contribution in [2.24, 2.45) is 0 Å². The van der Waals surface area contributed by atoms with Gasteiger partial charge in [-0.15, -0.1) is 0 Å². The van der Waals surface area contributed by atoms with Gasteiger partial charge in [0.15, 0.2) is 17.3 Å². The molecule has 0 unspecified atom stereocenters. The number of ether oxygens (including phenoxy) is 2. The van der Waals surface area contributed by atoms with Gasteiger partial charge in [0, 0.05) is 5.56 Å². The molecular formula is C17H15N7O2. The second kappa shape index (κ2) is 6.28. The number of pyridine rings is 1. The number of aromatic amines is 1. The minimum absolute atomic E-state index is 0.143. The molecule has 0 fully saturated rings. The number of H-pyrrole nitrogens is 1. The van der Waals surface area contributed by atoms with Crippen LogP contribution >= 0.6 is 0 Å². The van der Waals surface area contributed by atoms with Gasteiger partial charge in [0.05, 0.1) is 25.4 Å². The van der Waals surface area contributed by atoms with Crippen LogP contribution in [-0.4, -0.2) is 44.4 Å². The maximum atomic E-state index is 5.81. The molecule has 0 saturated carbocycles. The lowest BCUT2D eigenvalue weighted by Gasteiger charge is -2.10. The summed E-state index contributed by atoms with van der Waals surface area (Å²) in [5.74, 6) is 1.89. The first-order chi connectivity index (χ1) is 12.7. The summed E-state index contributed by atoms with van der Waals surface area (Å²) in [7, 11) is 3.19. The molecule has 0 radical (unpaired) electrons. The minimum Gasteiger partial charge on any atom is -0.493 e. The number of nitrogens with zero attached hydrogens (tertiary/aromatic N) is 5. The summed E-state index contributed by atoms with van der Waals surface area (Å²) >= 11 is 0. The third-order valence-corrected chi connectivity index (χ3v) is 3.88. The Morgan fingerprint density at radius 2 is 1.81 bits per heavy atom. The number of anilines is 1. The number of nitrogen functional groups attached to an aromatic ring is 1. The van der Waals surface area contributed by atoms with Gasteiger partial charge in [-0.3, -0.25) is 5.10 Å². The summed E-state index contributed by atoms with van der Waals surface area (Å²) in [6.45, 7) is 0. The van der Waals surface area contributed by atoms with Gasteiger partial charge in [-0.1, -0.05) is 0 Å². The molecule has 0 aliphatic carbocycles. The lowest BCUT2D eigenvalue weighted by molar-refractivity contribution is 0.355. The Kier molecular flexibility index (Phi) is 3.81. The third-order valence-electron chi connectivity index (χ3n) is 3.88. The van der Waals surface area contributed by atoms with Gasteiger partial charge < -0.3 is 15.2 Å². The van der Waals surface area contributed by atoms with Crippen LogP contribution in [0.3, 0.4) is 0 Å². The molecule has 3 aromatic heterocycles. The van der Waals surface area contributed by atoms with Crippen LogP contribution in [0.25, 0.3) is 33.8 Å². The molecule has 9 nitrogen and oxygen atoms in total. The summed E-state index contributed by atoms with van der Waals surface area (Å²) in [6, 6.07) is 9.30. The average Bonchev–Trinajstić information content (AvgIpc) is 3.21. The van der Waals surface area contributed by atoms with Gasteiger partial charge in [0.25, 0.3) is 0 Å². The molecule has 0 amide bonds. The maximum absolute atomic E-state index is 5.81. The number of hydrogen-bond donors (Lipinski definition) is 2. The third kappa shape index (κ3) is 2.65. The van der Waals surface area contributed by atoms with E-state index < -0.39 is 0 Å². The normalized spacial score (nSPS) is 10.8. The second-order valence-electron chi connectivity index (χ2n) is 5.40. The van der Waals surface area contributed by atoms with Crippen LogP contribution in [0.1, 0.15) is 0 Å². The van der Waals surface area contributed by atoms with Crippen molar-refractivity contribution in [3.63, 3.8) is 0 Å². The Morgan fingerprint density at radius 1 is 0.962 bits per heavy atom. The zero-order valence-corrected chi connectivity index (χ0v) is 14.1. The van der Waals surface area contributed by atoms with E-state index >= 15 is 0 Å². The highest BCUT2D eigenvalue weighted by Crippen LogP contribution is 2.33. The molecule has 0 aliphatic heterocycles. The van der Waals surface area contributed by atoms with Gasteiger partial charge in [-0.05, 0) is 30.3 Å². The summed E-state index contributed by atoms with van der Waals surface area (Å²) in [4.78, 5) is 17.4. The average molecular weight is 349 g/mol. The zero-order chi connectivity index (χ0) is 18.1. The topological polar surface area (TPSA) is 125 Å². The van der Waals surface area contributed by atoms with E-state index in [0.717, 1.165) is 11.3 Å². The van der Waals surface area contributed by atoms with E-state index in [4.69, 9.17) is 20.2 Å². The molecule has 4 rings (SSSR count). The molecule has 1 aromatic carbocycles. The van der Waals surface area contributed by atoms with Gasteiger partial charge in [0.1, 0.15) is 17.5 Å². The van der Waals surface area contributed by atoms with E-state index in [1.54, 1.807) is 14.2 Å². The Labute approximate surface area is 148 Å². The van der Waals surface area contributed by atoms with Crippen molar-refractivity contribution in [3.8, 4) is 34.3 Å². The van der Waals surface area contributed by atoms with E-state index in [0.29, 0.717) is 34.1 Å². The van der Waals surface area contributed by atoms with Crippen LogP contribution in [-0.2, 0) is 0 Å². The van der Waals surface area contributed by atoms with E-state index in [1.807, 2.05) is 30.3 Å². The molecule has 0 saturated heterocycles. The molecule has 9 heteroatoms. The van der Waals surface area contributed by atoms with Crippen molar-refractivity contribution < 1.29 is 9.47 Å². The predicted molar refractivity (Wildman–Crippen MR) is 95.7 cm³/mol. The van der Waals surface area contributed by atoms with Crippen LogP contribution in [0.4, 0.5) is 5.95 Å². The summed E-state index contributed by atoms with van der Waals surface area (Å²) < 4.78 is 10.6. The summed E-state index contributed by atoms with van der Waals surface area (Å²) in [5.41, 5.74) is 9.09. The standard InChI is InChI=1S/C17H15N7O2/c1-25-12-6-3-9(7-13(12)26-2)10-4-5-11-14(21-10)15(23-17(18)22-11)16-19-8-20-24-16/h3-8H,1-2H3,(H2,18,22,23)(H,19,20,24). The molecule has 26 heavy (non-hydrogen) atoms. The molecule has 0 aliphatic rings. The molecule has 3 N–H and O–H groups in total. The number of nitrogens with two attached hydrogens (primary N) is 1. The smallest absolute Gasteiger partial charge is 0.221 e. The fourth-order valence-corrected chi connectivity index (χ4v) is 2.67. The van der Waals surface area contributed by atoms with Gasteiger partial charge >= 0.3 is 0 Å². The fourth-order valence-electron chi connectivity index (χ4n) is 2.67. The van der Waals surface area contributed by atoms with Gasteiger partial charge in [-0.2, -0.15) is 5.10 Å².